The Labute approximate surface area is 126 Å². The molecule has 108 valence electrons. The Morgan fingerprint density at radius 1 is 1.10 bits per heavy atom. The van der Waals surface area contributed by atoms with Crippen molar-refractivity contribution in [3.8, 4) is 0 Å². The maximum atomic E-state index is 12.5. The number of hydrogen-bond acceptors (Lipinski definition) is 2. The number of ketones is 1. The van der Waals surface area contributed by atoms with E-state index in [1.165, 1.54) is 22.3 Å². The van der Waals surface area contributed by atoms with Gasteiger partial charge in [0.1, 0.15) is 0 Å². The predicted octanol–water partition coefficient (Wildman–Crippen LogP) is 3.13. The van der Waals surface area contributed by atoms with E-state index in [1.54, 1.807) is 0 Å². The number of aryl methyl sites for hydroxylation is 2. The topological polar surface area (TPSA) is 29.1 Å². The molecule has 0 fully saturated rings. The van der Waals surface area contributed by atoms with Crippen LogP contribution >= 0.6 is 0 Å². The summed E-state index contributed by atoms with van der Waals surface area (Å²) in [7, 11) is 0. The number of fused-ring (bicyclic) bond motifs is 1. The molecule has 0 spiro atoms. The summed E-state index contributed by atoms with van der Waals surface area (Å²) in [6, 6.07) is 14.7. The van der Waals surface area contributed by atoms with E-state index in [0.717, 1.165) is 18.5 Å². The molecular weight excluding hydrogens is 258 g/mol. The van der Waals surface area contributed by atoms with Crippen molar-refractivity contribution in [1.82, 2.24) is 5.32 Å². The number of rotatable bonds is 3. The van der Waals surface area contributed by atoms with Crippen LogP contribution in [0.5, 0.6) is 0 Å². The number of hydrogen-bond donors (Lipinski definition) is 1. The van der Waals surface area contributed by atoms with Gasteiger partial charge in [0.15, 0.2) is 5.78 Å². The molecule has 3 rings (SSSR count). The highest BCUT2D eigenvalue weighted by Gasteiger charge is 2.23. The standard InChI is InChI=1S/C19H21NO/c1-13-7-14(2)9-15(8-13)10-19(21)18-11-16-5-3-4-6-17(16)12-20-18/h3-9,18,20H,10-12H2,1-2H3. The molecule has 1 aliphatic rings. The molecule has 0 amide bonds. The van der Waals surface area contributed by atoms with Gasteiger partial charge in [-0.1, -0.05) is 53.6 Å². The monoisotopic (exact) mass is 279 g/mol. The maximum absolute atomic E-state index is 12.5. The van der Waals surface area contributed by atoms with Gasteiger partial charge in [-0.3, -0.25) is 4.79 Å². The molecule has 0 aliphatic carbocycles. The SMILES string of the molecule is Cc1cc(C)cc(CC(=O)C2Cc3ccccc3CN2)c1. The zero-order valence-corrected chi connectivity index (χ0v) is 12.6. The van der Waals surface area contributed by atoms with Crippen LogP contribution in [0, 0.1) is 13.8 Å². The second kappa shape index (κ2) is 5.82. The summed E-state index contributed by atoms with van der Waals surface area (Å²) in [6.45, 7) is 4.95. The zero-order chi connectivity index (χ0) is 14.8. The minimum Gasteiger partial charge on any atom is -0.303 e. The van der Waals surface area contributed by atoms with Crippen LogP contribution in [-0.2, 0) is 24.2 Å². The van der Waals surface area contributed by atoms with Crippen LogP contribution < -0.4 is 5.32 Å². The van der Waals surface area contributed by atoms with E-state index in [0.29, 0.717) is 6.42 Å². The van der Waals surface area contributed by atoms with Crippen molar-refractivity contribution >= 4 is 5.78 Å². The molecule has 2 nitrogen and oxygen atoms in total. The summed E-state index contributed by atoms with van der Waals surface area (Å²) in [5.74, 6) is 0.287. The molecule has 1 heterocycles. The summed E-state index contributed by atoms with van der Waals surface area (Å²) in [6.07, 6.45) is 1.32. The molecule has 2 heteroatoms. The fourth-order valence-electron chi connectivity index (χ4n) is 3.18. The Morgan fingerprint density at radius 3 is 2.48 bits per heavy atom. The number of carbonyl (C=O) groups excluding carboxylic acids is 1. The van der Waals surface area contributed by atoms with Crippen LogP contribution in [0.3, 0.4) is 0 Å². The molecule has 0 saturated carbocycles. The fraction of sp³-hybridized carbons (Fsp3) is 0.316. The van der Waals surface area contributed by atoms with Gasteiger partial charge < -0.3 is 5.32 Å². The lowest BCUT2D eigenvalue weighted by molar-refractivity contribution is -0.120. The molecule has 0 aromatic heterocycles. The number of carbonyl (C=O) groups is 1. The molecule has 2 aromatic carbocycles. The maximum Gasteiger partial charge on any atom is 0.154 e. The quantitative estimate of drug-likeness (QED) is 0.935. The third kappa shape index (κ3) is 3.22. The normalized spacial score (nSPS) is 17.3. The zero-order valence-electron chi connectivity index (χ0n) is 12.6. The molecule has 0 bridgehead atoms. The van der Waals surface area contributed by atoms with Crippen LogP contribution in [0.15, 0.2) is 42.5 Å². The fourth-order valence-corrected chi connectivity index (χ4v) is 3.18. The van der Waals surface area contributed by atoms with Gasteiger partial charge in [0.25, 0.3) is 0 Å². The first-order valence-electron chi connectivity index (χ1n) is 7.52. The molecule has 1 unspecified atom stereocenters. The lowest BCUT2D eigenvalue weighted by atomic mass is 9.91. The smallest absolute Gasteiger partial charge is 0.154 e. The van der Waals surface area contributed by atoms with Crippen molar-refractivity contribution in [3.05, 3.63) is 70.3 Å². The Balaban J connectivity index is 1.72. The number of Topliss-reactive ketones (excluding diaryl/α,β-unsaturated/α-hetero) is 1. The highest BCUT2D eigenvalue weighted by atomic mass is 16.1. The highest BCUT2D eigenvalue weighted by Crippen LogP contribution is 2.18. The Kier molecular flexibility index (Phi) is 3.89. The van der Waals surface area contributed by atoms with E-state index < -0.39 is 0 Å². The second-order valence-corrected chi connectivity index (χ2v) is 6.05. The molecule has 0 saturated heterocycles. The average Bonchev–Trinajstić information content (AvgIpc) is 2.45. The van der Waals surface area contributed by atoms with Gasteiger partial charge in [0, 0.05) is 13.0 Å². The van der Waals surface area contributed by atoms with Crippen molar-refractivity contribution in [1.29, 1.82) is 0 Å². The van der Waals surface area contributed by atoms with Gasteiger partial charge in [-0.15, -0.1) is 0 Å². The summed E-state index contributed by atoms with van der Waals surface area (Å²) in [5.41, 5.74) is 6.18. The van der Waals surface area contributed by atoms with E-state index in [9.17, 15) is 4.79 Å². The van der Waals surface area contributed by atoms with Crippen LogP contribution in [0.25, 0.3) is 0 Å². The van der Waals surface area contributed by atoms with Crippen molar-refractivity contribution < 1.29 is 4.79 Å². The van der Waals surface area contributed by atoms with Crippen LogP contribution in [0.1, 0.15) is 27.8 Å². The van der Waals surface area contributed by atoms with E-state index in [-0.39, 0.29) is 11.8 Å². The third-order valence-corrected chi connectivity index (χ3v) is 4.13. The molecular formula is C19H21NO. The Hall–Kier alpha value is -1.93. The first-order valence-corrected chi connectivity index (χ1v) is 7.52. The number of nitrogens with one attached hydrogen (secondary N) is 1. The van der Waals surface area contributed by atoms with Crippen molar-refractivity contribution in [2.75, 3.05) is 0 Å². The Bertz CT molecular complexity index is 655. The molecule has 1 aliphatic heterocycles. The van der Waals surface area contributed by atoms with E-state index >= 15 is 0 Å². The van der Waals surface area contributed by atoms with Gasteiger partial charge in [-0.2, -0.15) is 0 Å². The van der Waals surface area contributed by atoms with Crippen molar-refractivity contribution in [2.45, 2.75) is 39.3 Å². The second-order valence-electron chi connectivity index (χ2n) is 6.05. The van der Waals surface area contributed by atoms with Gasteiger partial charge in [0.05, 0.1) is 6.04 Å². The van der Waals surface area contributed by atoms with Gasteiger partial charge in [0.2, 0.25) is 0 Å². The van der Waals surface area contributed by atoms with Crippen LogP contribution in [0.4, 0.5) is 0 Å². The Morgan fingerprint density at radius 2 is 1.76 bits per heavy atom. The third-order valence-electron chi connectivity index (χ3n) is 4.13. The van der Waals surface area contributed by atoms with Gasteiger partial charge in [-0.05, 0) is 37.0 Å². The first-order chi connectivity index (χ1) is 10.1. The van der Waals surface area contributed by atoms with E-state index in [2.05, 4.69) is 61.6 Å². The minimum absolute atomic E-state index is 0.0549. The molecule has 0 radical (unpaired) electrons. The summed E-state index contributed by atoms with van der Waals surface area (Å²) < 4.78 is 0. The average molecular weight is 279 g/mol. The summed E-state index contributed by atoms with van der Waals surface area (Å²) in [4.78, 5) is 12.5. The molecule has 1 N–H and O–H groups in total. The van der Waals surface area contributed by atoms with Crippen molar-refractivity contribution in [2.24, 2.45) is 0 Å². The lowest BCUT2D eigenvalue weighted by Gasteiger charge is -2.25. The van der Waals surface area contributed by atoms with Crippen LogP contribution in [-0.4, -0.2) is 11.8 Å². The summed E-state index contributed by atoms with van der Waals surface area (Å²) >= 11 is 0. The predicted molar refractivity (Wildman–Crippen MR) is 85.4 cm³/mol. The lowest BCUT2D eigenvalue weighted by Crippen LogP contribution is -2.42. The molecule has 21 heavy (non-hydrogen) atoms. The van der Waals surface area contributed by atoms with Crippen LogP contribution in [0.2, 0.25) is 0 Å². The molecule has 2 aromatic rings. The summed E-state index contributed by atoms with van der Waals surface area (Å²) in [5, 5.41) is 3.37. The van der Waals surface area contributed by atoms with Gasteiger partial charge >= 0.3 is 0 Å². The largest absolute Gasteiger partial charge is 0.303 e. The van der Waals surface area contributed by atoms with E-state index in [4.69, 9.17) is 0 Å². The minimum atomic E-state index is -0.0549. The highest BCUT2D eigenvalue weighted by molar-refractivity contribution is 5.86. The van der Waals surface area contributed by atoms with E-state index in [1.807, 2.05) is 0 Å². The number of benzene rings is 2. The van der Waals surface area contributed by atoms with Gasteiger partial charge in [-0.25, -0.2) is 0 Å². The van der Waals surface area contributed by atoms with Crippen molar-refractivity contribution in [3.63, 3.8) is 0 Å². The first kappa shape index (κ1) is 14.0. The molecule has 1 atom stereocenters.